The Hall–Kier alpha value is -2.56. The fourth-order valence-electron chi connectivity index (χ4n) is 1.81. The number of nitrogens with one attached hydrogen (secondary N) is 1. The molecule has 1 heterocycles. The van der Waals surface area contributed by atoms with Crippen molar-refractivity contribution in [2.24, 2.45) is 0 Å². The second-order valence-corrected chi connectivity index (χ2v) is 6.17. The number of alkyl halides is 6. The molecule has 0 aliphatic rings. The zero-order valence-corrected chi connectivity index (χ0v) is 14.4. The number of aromatic nitrogens is 1. The molecule has 0 bridgehead atoms. The van der Waals surface area contributed by atoms with Crippen LogP contribution >= 0.6 is 11.3 Å². The Kier molecular flexibility index (Phi) is 6.14. The first-order chi connectivity index (χ1) is 12.5. The van der Waals surface area contributed by atoms with Gasteiger partial charge in [-0.3, -0.25) is 4.79 Å². The maximum absolute atomic E-state index is 13.2. The number of carbonyl (C=O) groups is 1. The van der Waals surface area contributed by atoms with Crippen LogP contribution in [0.1, 0.15) is 20.2 Å². The molecule has 0 saturated heterocycles. The second-order valence-electron chi connectivity index (χ2n) is 5.11. The van der Waals surface area contributed by atoms with Crippen LogP contribution in [0.25, 0.3) is 12.2 Å². The molecule has 1 unspecified atom stereocenters. The first-order valence-corrected chi connectivity index (χ1v) is 8.08. The van der Waals surface area contributed by atoms with Crippen LogP contribution in [-0.2, 0) is 0 Å². The van der Waals surface area contributed by atoms with Crippen molar-refractivity contribution in [1.82, 2.24) is 10.3 Å². The van der Waals surface area contributed by atoms with Crippen LogP contribution in [-0.4, -0.2) is 36.4 Å². The maximum Gasteiger partial charge on any atom is 0.439 e. The van der Waals surface area contributed by atoms with E-state index in [-0.39, 0.29) is 5.91 Å². The van der Waals surface area contributed by atoms with Gasteiger partial charge in [-0.25, -0.2) is 9.37 Å². The Morgan fingerprint density at radius 2 is 1.81 bits per heavy atom. The van der Waals surface area contributed by atoms with Gasteiger partial charge in [0.1, 0.15) is 15.6 Å². The fraction of sp³-hybridized carbons (Fsp3) is 0.250. The number of carbonyl (C=O) groups excluding carboxylic acids is 1. The zero-order valence-electron chi connectivity index (χ0n) is 13.6. The summed E-state index contributed by atoms with van der Waals surface area (Å²) in [6.07, 6.45) is -10.7. The molecule has 4 nitrogen and oxygen atoms in total. The van der Waals surface area contributed by atoms with E-state index in [0.717, 1.165) is 23.5 Å². The Balaban J connectivity index is 2.05. The van der Waals surface area contributed by atoms with Gasteiger partial charge in [0.2, 0.25) is 0 Å². The second kappa shape index (κ2) is 7.99. The average Bonchev–Trinajstić information content (AvgIpc) is 3.07. The molecule has 0 saturated carbocycles. The standard InChI is InChI=1S/C16H12F6N2O2S/c1-23-13(25)11-8-24-12(27-11)7-4-9-2-5-10(6-3-9)26-16(21,22)14(17)15(18,19)20/h2-8,14H,1H3,(H,23,25)/b7-4+. The summed E-state index contributed by atoms with van der Waals surface area (Å²) in [6, 6.07) is 4.54. The van der Waals surface area contributed by atoms with Gasteiger partial charge >= 0.3 is 12.3 Å². The lowest BCUT2D eigenvalue weighted by molar-refractivity contribution is -0.304. The number of hydrogen-bond acceptors (Lipinski definition) is 4. The highest BCUT2D eigenvalue weighted by molar-refractivity contribution is 7.14. The van der Waals surface area contributed by atoms with Crippen LogP contribution in [0, 0.1) is 0 Å². The van der Waals surface area contributed by atoms with Gasteiger partial charge in [0.15, 0.2) is 0 Å². The van der Waals surface area contributed by atoms with E-state index >= 15 is 0 Å². The number of amides is 1. The molecule has 1 aromatic heterocycles. The molecule has 0 aliphatic carbocycles. The third-order valence-electron chi connectivity index (χ3n) is 3.11. The predicted molar refractivity (Wildman–Crippen MR) is 87.4 cm³/mol. The molecule has 1 aromatic carbocycles. The van der Waals surface area contributed by atoms with E-state index in [4.69, 9.17) is 0 Å². The Labute approximate surface area is 153 Å². The van der Waals surface area contributed by atoms with Gasteiger partial charge < -0.3 is 10.1 Å². The largest absolute Gasteiger partial charge is 0.439 e. The summed E-state index contributed by atoms with van der Waals surface area (Å²) in [4.78, 5) is 15.8. The minimum atomic E-state index is -5.74. The molecule has 2 aromatic rings. The van der Waals surface area contributed by atoms with Gasteiger partial charge in [0.05, 0.1) is 6.20 Å². The number of halogens is 6. The van der Waals surface area contributed by atoms with Crippen molar-refractivity contribution >= 4 is 29.4 Å². The summed E-state index contributed by atoms with van der Waals surface area (Å²) in [6.45, 7) is 0. The lowest BCUT2D eigenvalue weighted by atomic mass is 10.2. The highest BCUT2D eigenvalue weighted by atomic mass is 32.1. The van der Waals surface area contributed by atoms with Gasteiger partial charge in [-0.2, -0.15) is 22.0 Å². The lowest BCUT2D eigenvalue weighted by Crippen LogP contribution is -2.45. The monoisotopic (exact) mass is 410 g/mol. The van der Waals surface area contributed by atoms with Crippen molar-refractivity contribution in [3.63, 3.8) is 0 Å². The quantitative estimate of drug-likeness (QED) is 0.712. The highest BCUT2D eigenvalue weighted by Gasteiger charge is 2.59. The van der Waals surface area contributed by atoms with Crippen molar-refractivity contribution in [3.8, 4) is 5.75 Å². The SMILES string of the molecule is CNC(=O)c1cnc(/C=C/c2ccc(OC(F)(F)C(F)C(F)(F)F)cc2)s1. The molecule has 11 heteroatoms. The summed E-state index contributed by atoms with van der Waals surface area (Å²) in [5.74, 6) is -0.917. The van der Waals surface area contributed by atoms with E-state index in [2.05, 4.69) is 15.0 Å². The molecule has 27 heavy (non-hydrogen) atoms. The summed E-state index contributed by atoms with van der Waals surface area (Å²) in [5, 5.41) is 2.95. The van der Waals surface area contributed by atoms with Crippen LogP contribution in [0.3, 0.4) is 0 Å². The first-order valence-electron chi connectivity index (χ1n) is 7.26. The summed E-state index contributed by atoms with van der Waals surface area (Å²) < 4.78 is 79.3. The number of rotatable bonds is 6. The van der Waals surface area contributed by atoms with Crippen molar-refractivity contribution < 1.29 is 35.9 Å². The van der Waals surface area contributed by atoms with Crippen LogP contribution in [0.15, 0.2) is 30.5 Å². The number of nitrogens with zero attached hydrogens (tertiary/aromatic N) is 1. The smallest absolute Gasteiger partial charge is 0.430 e. The summed E-state index contributed by atoms with van der Waals surface area (Å²) >= 11 is 1.12. The minimum Gasteiger partial charge on any atom is -0.430 e. The van der Waals surface area contributed by atoms with E-state index in [9.17, 15) is 31.1 Å². The molecule has 1 atom stereocenters. The van der Waals surface area contributed by atoms with Gasteiger partial charge in [0, 0.05) is 7.05 Å². The van der Waals surface area contributed by atoms with Gasteiger partial charge in [-0.1, -0.05) is 18.2 Å². The zero-order chi connectivity index (χ0) is 20.2. The van der Waals surface area contributed by atoms with Crippen molar-refractivity contribution in [1.29, 1.82) is 0 Å². The lowest BCUT2D eigenvalue weighted by Gasteiger charge is -2.23. The van der Waals surface area contributed by atoms with Crippen molar-refractivity contribution in [2.45, 2.75) is 18.5 Å². The first kappa shape index (κ1) is 20.7. The summed E-state index contributed by atoms with van der Waals surface area (Å²) in [5.41, 5.74) is 0.495. The molecule has 0 radical (unpaired) electrons. The molecular weight excluding hydrogens is 398 g/mol. The van der Waals surface area contributed by atoms with Crippen LogP contribution in [0.5, 0.6) is 5.75 Å². The molecule has 2 rings (SSSR count). The molecule has 146 valence electrons. The van der Waals surface area contributed by atoms with E-state index in [1.54, 1.807) is 12.2 Å². The summed E-state index contributed by atoms with van der Waals surface area (Å²) in [7, 11) is 1.48. The average molecular weight is 410 g/mol. The van der Waals surface area contributed by atoms with Gasteiger partial charge in [0.25, 0.3) is 12.1 Å². The fourth-order valence-corrected chi connectivity index (χ4v) is 2.57. The number of hydrogen-bond donors (Lipinski definition) is 1. The molecule has 0 fully saturated rings. The van der Waals surface area contributed by atoms with Crippen molar-refractivity contribution in [3.05, 3.63) is 45.9 Å². The highest BCUT2D eigenvalue weighted by Crippen LogP contribution is 2.36. The van der Waals surface area contributed by atoms with E-state index in [1.807, 2.05) is 0 Å². The van der Waals surface area contributed by atoms with Crippen LogP contribution < -0.4 is 10.1 Å². The molecule has 0 spiro atoms. The Morgan fingerprint density at radius 3 is 2.37 bits per heavy atom. The molecular formula is C16H12F6N2O2S. The molecule has 0 aliphatic heterocycles. The predicted octanol–water partition coefficient (Wildman–Crippen LogP) is 4.55. The van der Waals surface area contributed by atoms with Crippen LogP contribution in [0.4, 0.5) is 26.3 Å². The Morgan fingerprint density at radius 1 is 1.19 bits per heavy atom. The van der Waals surface area contributed by atoms with E-state index in [0.29, 0.717) is 15.4 Å². The number of thiazole rings is 1. The molecule has 1 N–H and O–H groups in total. The maximum atomic E-state index is 13.2. The van der Waals surface area contributed by atoms with Gasteiger partial charge in [-0.15, -0.1) is 11.3 Å². The number of ether oxygens (including phenoxy) is 1. The molecule has 1 amide bonds. The van der Waals surface area contributed by atoms with E-state index in [1.165, 1.54) is 25.4 Å². The topological polar surface area (TPSA) is 51.2 Å². The van der Waals surface area contributed by atoms with Gasteiger partial charge in [-0.05, 0) is 23.8 Å². The normalized spacial score (nSPS) is 13.6. The van der Waals surface area contributed by atoms with Crippen LogP contribution in [0.2, 0.25) is 0 Å². The van der Waals surface area contributed by atoms with Crippen molar-refractivity contribution in [2.75, 3.05) is 7.05 Å². The third kappa shape index (κ3) is 5.46. The third-order valence-corrected chi connectivity index (χ3v) is 4.07. The Bertz CT molecular complexity index is 817. The minimum absolute atomic E-state index is 0.292. The number of benzene rings is 1. The van der Waals surface area contributed by atoms with E-state index < -0.39 is 24.2 Å².